The van der Waals surface area contributed by atoms with E-state index in [4.69, 9.17) is 4.42 Å². The van der Waals surface area contributed by atoms with Crippen LogP contribution in [0.3, 0.4) is 0 Å². The van der Waals surface area contributed by atoms with E-state index in [-0.39, 0.29) is 5.56 Å². The van der Waals surface area contributed by atoms with Crippen LogP contribution in [0.4, 0.5) is 13.2 Å². The Kier molecular flexibility index (Phi) is 3.77. The average molecular weight is 320 g/mol. The minimum atomic E-state index is -0.949. The first-order chi connectivity index (χ1) is 8.54. The van der Waals surface area contributed by atoms with E-state index >= 15 is 0 Å². The van der Waals surface area contributed by atoms with Gasteiger partial charge >= 0.3 is 0 Å². The molecular formula is C12H9BrF3NO. The van der Waals surface area contributed by atoms with Gasteiger partial charge < -0.3 is 9.73 Å². The second-order valence-electron chi connectivity index (χ2n) is 3.65. The van der Waals surface area contributed by atoms with Crippen LogP contribution in [0.5, 0.6) is 0 Å². The summed E-state index contributed by atoms with van der Waals surface area (Å²) in [6.45, 7) is 0. The van der Waals surface area contributed by atoms with Crippen molar-refractivity contribution in [1.29, 1.82) is 0 Å². The van der Waals surface area contributed by atoms with E-state index in [1.165, 1.54) is 6.26 Å². The fraction of sp³-hybridized carbons (Fsp3) is 0.167. The number of nitrogens with one attached hydrogen (secondary N) is 1. The van der Waals surface area contributed by atoms with Gasteiger partial charge in [-0.1, -0.05) is 0 Å². The Hall–Kier alpha value is -1.27. The average Bonchev–Trinajstić information content (AvgIpc) is 2.69. The van der Waals surface area contributed by atoms with Crippen molar-refractivity contribution in [3.05, 3.63) is 57.7 Å². The Morgan fingerprint density at radius 1 is 1.22 bits per heavy atom. The Bertz CT molecular complexity index is 547. The van der Waals surface area contributed by atoms with Crippen LogP contribution in [0.15, 0.2) is 33.5 Å². The van der Waals surface area contributed by atoms with Gasteiger partial charge in [0, 0.05) is 23.3 Å². The predicted octanol–water partition coefficient (Wildman–Crippen LogP) is 3.77. The minimum Gasteiger partial charge on any atom is -0.457 e. The van der Waals surface area contributed by atoms with Crippen LogP contribution >= 0.6 is 15.9 Å². The molecular weight excluding hydrogens is 311 g/mol. The standard InChI is InChI=1S/C12H9BrF3NO/c1-17-11(7-2-3-18-12(7)13)10-8(15)4-6(14)5-9(10)16/h2-5,11,17H,1H3. The van der Waals surface area contributed by atoms with Gasteiger partial charge in [-0.2, -0.15) is 0 Å². The lowest BCUT2D eigenvalue weighted by Crippen LogP contribution is -2.20. The summed E-state index contributed by atoms with van der Waals surface area (Å²) >= 11 is 3.14. The lowest BCUT2D eigenvalue weighted by atomic mass is 10.00. The molecule has 0 saturated heterocycles. The molecule has 0 radical (unpaired) electrons. The van der Waals surface area contributed by atoms with E-state index in [0.29, 0.717) is 22.4 Å². The van der Waals surface area contributed by atoms with Crippen molar-refractivity contribution in [1.82, 2.24) is 5.32 Å². The maximum atomic E-state index is 13.7. The number of furan rings is 1. The van der Waals surface area contributed by atoms with Crippen molar-refractivity contribution < 1.29 is 17.6 Å². The van der Waals surface area contributed by atoms with Gasteiger partial charge in [0.2, 0.25) is 0 Å². The molecule has 6 heteroatoms. The molecule has 0 spiro atoms. The minimum absolute atomic E-state index is 0.249. The van der Waals surface area contributed by atoms with Crippen molar-refractivity contribution in [2.45, 2.75) is 6.04 Å². The molecule has 2 nitrogen and oxygen atoms in total. The molecule has 0 amide bonds. The maximum Gasteiger partial charge on any atom is 0.174 e. The van der Waals surface area contributed by atoms with Crippen LogP contribution in [0.25, 0.3) is 0 Å². The highest BCUT2D eigenvalue weighted by molar-refractivity contribution is 9.10. The molecule has 0 bridgehead atoms. The molecule has 0 saturated carbocycles. The SMILES string of the molecule is CNC(c1ccoc1Br)c1c(F)cc(F)cc1F. The molecule has 0 aliphatic heterocycles. The molecule has 2 aromatic rings. The van der Waals surface area contributed by atoms with Crippen LogP contribution in [0.1, 0.15) is 17.2 Å². The van der Waals surface area contributed by atoms with E-state index in [0.717, 1.165) is 0 Å². The summed E-state index contributed by atoms with van der Waals surface area (Å²) < 4.78 is 45.7. The van der Waals surface area contributed by atoms with E-state index < -0.39 is 23.5 Å². The largest absolute Gasteiger partial charge is 0.457 e. The molecule has 0 aliphatic carbocycles. The quantitative estimate of drug-likeness (QED) is 0.931. The van der Waals surface area contributed by atoms with Crippen LogP contribution in [0, 0.1) is 17.5 Å². The Labute approximate surface area is 110 Å². The number of hydrogen-bond acceptors (Lipinski definition) is 2. The van der Waals surface area contributed by atoms with E-state index in [1.807, 2.05) is 0 Å². The van der Waals surface area contributed by atoms with Crippen molar-refractivity contribution in [3.63, 3.8) is 0 Å². The third-order valence-electron chi connectivity index (χ3n) is 2.58. The number of hydrogen-bond donors (Lipinski definition) is 1. The molecule has 1 unspecified atom stereocenters. The molecule has 1 heterocycles. The molecule has 96 valence electrons. The van der Waals surface area contributed by atoms with Gasteiger partial charge in [0.15, 0.2) is 4.67 Å². The van der Waals surface area contributed by atoms with E-state index in [2.05, 4.69) is 21.2 Å². The summed E-state index contributed by atoms with van der Waals surface area (Å²) in [6.07, 6.45) is 1.39. The second-order valence-corrected chi connectivity index (χ2v) is 4.37. The molecule has 18 heavy (non-hydrogen) atoms. The molecule has 0 fully saturated rings. The van der Waals surface area contributed by atoms with Gasteiger partial charge in [0.25, 0.3) is 0 Å². The second kappa shape index (κ2) is 5.16. The molecule has 1 N–H and O–H groups in total. The normalized spacial score (nSPS) is 12.7. The Morgan fingerprint density at radius 3 is 2.28 bits per heavy atom. The zero-order valence-corrected chi connectivity index (χ0v) is 10.9. The van der Waals surface area contributed by atoms with E-state index in [1.54, 1.807) is 13.1 Å². The number of benzene rings is 1. The molecule has 1 aromatic heterocycles. The van der Waals surface area contributed by atoms with E-state index in [9.17, 15) is 13.2 Å². The molecule has 2 rings (SSSR count). The predicted molar refractivity (Wildman–Crippen MR) is 63.6 cm³/mol. The topological polar surface area (TPSA) is 25.2 Å². The van der Waals surface area contributed by atoms with Crippen molar-refractivity contribution in [2.75, 3.05) is 7.05 Å². The first kappa shape index (κ1) is 13.2. The smallest absolute Gasteiger partial charge is 0.174 e. The van der Waals surface area contributed by atoms with Gasteiger partial charge in [-0.3, -0.25) is 0 Å². The fourth-order valence-corrected chi connectivity index (χ4v) is 2.26. The molecule has 1 atom stereocenters. The third kappa shape index (κ3) is 2.30. The first-order valence-electron chi connectivity index (χ1n) is 5.09. The Morgan fingerprint density at radius 2 is 1.83 bits per heavy atom. The van der Waals surface area contributed by atoms with Gasteiger partial charge in [-0.05, 0) is 29.0 Å². The zero-order chi connectivity index (χ0) is 13.3. The molecule has 1 aromatic carbocycles. The summed E-state index contributed by atoms with van der Waals surface area (Å²) in [4.78, 5) is 0. The summed E-state index contributed by atoms with van der Waals surface area (Å²) in [7, 11) is 1.55. The third-order valence-corrected chi connectivity index (χ3v) is 3.22. The lowest BCUT2D eigenvalue weighted by Gasteiger charge is -2.17. The highest BCUT2D eigenvalue weighted by atomic mass is 79.9. The van der Waals surface area contributed by atoms with Crippen molar-refractivity contribution >= 4 is 15.9 Å². The van der Waals surface area contributed by atoms with Crippen LogP contribution in [0.2, 0.25) is 0 Å². The summed E-state index contributed by atoms with van der Waals surface area (Å²) in [5.41, 5.74) is 0.280. The zero-order valence-electron chi connectivity index (χ0n) is 9.31. The molecule has 0 aliphatic rings. The van der Waals surface area contributed by atoms with Gasteiger partial charge in [0.1, 0.15) is 17.5 Å². The van der Waals surface area contributed by atoms with Crippen molar-refractivity contribution in [2.24, 2.45) is 0 Å². The summed E-state index contributed by atoms with van der Waals surface area (Å²) in [5, 5.41) is 2.77. The monoisotopic (exact) mass is 319 g/mol. The summed E-state index contributed by atoms with van der Waals surface area (Å²) in [5.74, 6) is -2.84. The van der Waals surface area contributed by atoms with Crippen LogP contribution in [-0.2, 0) is 0 Å². The first-order valence-corrected chi connectivity index (χ1v) is 5.88. The highest BCUT2D eigenvalue weighted by Gasteiger charge is 2.24. The van der Waals surface area contributed by atoms with Crippen LogP contribution < -0.4 is 5.32 Å². The fourth-order valence-electron chi connectivity index (χ4n) is 1.79. The lowest BCUT2D eigenvalue weighted by molar-refractivity contribution is 0.492. The number of rotatable bonds is 3. The number of halogens is 4. The van der Waals surface area contributed by atoms with Gasteiger partial charge in [-0.25, -0.2) is 13.2 Å². The Balaban J connectivity index is 2.56. The maximum absolute atomic E-state index is 13.7. The highest BCUT2D eigenvalue weighted by Crippen LogP contribution is 2.32. The van der Waals surface area contributed by atoms with Gasteiger partial charge in [-0.15, -0.1) is 0 Å². The summed E-state index contributed by atoms with van der Waals surface area (Å²) in [6, 6.07) is 2.11. The van der Waals surface area contributed by atoms with Gasteiger partial charge in [0.05, 0.1) is 12.3 Å². The van der Waals surface area contributed by atoms with Crippen molar-refractivity contribution in [3.8, 4) is 0 Å². The van der Waals surface area contributed by atoms with Crippen LogP contribution in [-0.4, -0.2) is 7.05 Å².